The van der Waals surface area contributed by atoms with E-state index in [2.05, 4.69) is 5.32 Å². The highest BCUT2D eigenvalue weighted by molar-refractivity contribution is 5.24. The van der Waals surface area contributed by atoms with Crippen LogP contribution in [0.4, 0.5) is 13.2 Å². The molecule has 2 atom stereocenters. The molecule has 0 bridgehead atoms. The molecule has 0 saturated heterocycles. The molecule has 0 radical (unpaired) electrons. The standard InChI is InChI=1S/C14H18F3NO/c1-19-13-4-2-3-12(13)18-9-10-5-7-11(8-6-10)14(15,16)17/h5-8,12-13,18H,2-4,9H2,1H3. The quantitative estimate of drug-likeness (QED) is 0.908. The van der Waals surface area contributed by atoms with Gasteiger partial charge in [-0.2, -0.15) is 13.2 Å². The Balaban J connectivity index is 1.90. The highest BCUT2D eigenvalue weighted by Gasteiger charge is 2.30. The van der Waals surface area contributed by atoms with E-state index < -0.39 is 11.7 Å². The Bertz CT molecular complexity index is 402. The molecule has 5 heteroatoms. The van der Waals surface area contributed by atoms with Gasteiger partial charge in [-0.25, -0.2) is 0 Å². The molecule has 1 aliphatic carbocycles. The van der Waals surface area contributed by atoms with Gasteiger partial charge in [-0.15, -0.1) is 0 Å². The van der Waals surface area contributed by atoms with Gasteiger partial charge in [0, 0.05) is 19.7 Å². The van der Waals surface area contributed by atoms with Gasteiger partial charge in [-0.1, -0.05) is 12.1 Å². The molecular formula is C14H18F3NO. The fourth-order valence-electron chi connectivity index (χ4n) is 2.50. The lowest BCUT2D eigenvalue weighted by molar-refractivity contribution is -0.137. The van der Waals surface area contributed by atoms with Crippen molar-refractivity contribution in [1.29, 1.82) is 0 Å². The van der Waals surface area contributed by atoms with Crippen LogP contribution in [0.5, 0.6) is 0 Å². The second-order valence-corrected chi connectivity index (χ2v) is 4.89. The Kier molecular flexibility index (Phi) is 4.47. The summed E-state index contributed by atoms with van der Waals surface area (Å²) in [5.74, 6) is 0. The zero-order chi connectivity index (χ0) is 13.9. The first kappa shape index (κ1) is 14.3. The van der Waals surface area contributed by atoms with Crippen molar-refractivity contribution in [1.82, 2.24) is 5.32 Å². The van der Waals surface area contributed by atoms with E-state index in [-0.39, 0.29) is 6.10 Å². The molecule has 0 aromatic heterocycles. The zero-order valence-corrected chi connectivity index (χ0v) is 10.8. The molecule has 0 spiro atoms. The number of methoxy groups -OCH3 is 1. The van der Waals surface area contributed by atoms with Crippen molar-refractivity contribution in [2.24, 2.45) is 0 Å². The Morgan fingerprint density at radius 1 is 1.21 bits per heavy atom. The number of alkyl halides is 3. The molecule has 106 valence electrons. The van der Waals surface area contributed by atoms with Crippen LogP contribution in [0.3, 0.4) is 0 Å². The third kappa shape index (κ3) is 3.70. The smallest absolute Gasteiger partial charge is 0.380 e. The van der Waals surface area contributed by atoms with Gasteiger partial charge in [0.05, 0.1) is 11.7 Å². The highest BCUT2D eigenvalue weighted by atomic mass is 19.4. The summed E-state index contributed by atoms with van der Waals surface area (Å²) in [6, 6.07) is 5.59. The molecule has 1 saturated carbocycles. The van der Waals surface area contributed by atoms with Gasteiger partial charge in [-0.05, 0) is 37.0 Å². The van der Waals surface area contributed by atoms with Crippen LogP contribution in [0.2, 0.25) is 0 Å². The van der Waals surface area contributed by atoms with Crippen LogP contribution in [0.15, 0.2) is 24.3 Å². The van der Waals surface area contributed by atoms with Crippen LogP contribution in [0.25, 0.3) is 0 Å². The van der Waals surface area contributed by atoms with Gasteiger partial charge < -0.3 is 10.1 Å². The summed E-state index contributed by atoms with van der Waals surface area (Å²) in [4.78, 5) is 0. The molecule has 2 nitrogen and oxygen atoms in total. The molecule has 2 unspecified atom stereocenters. The van der Waals surface area contributed by atoms with E-state index in [4.69, 9.17) is 4.74 Å². The Hall–Kier alpha value is -1.07. The largest absolute Gasteiger partial charge is 0.416 e. The second-order valence-electron chi connectivity index (χ2n) is 4.89. The van der Waals surface area contributed by atoms with Crippen molar-refractivity contribution in [3.63, 3.8) is 0 Å². The summed E-state index contributed by atoms with van der Waals surface area (Å²) in [7, 11) is 1.70. The van der Waals surface area contributed by atoms with Gasteiger partial charge in [0.25, 0.3) is 0 Å². The maximum Gasteiger partial charge on any atom is 0.416 e. The summed E-state index contributed by atoms with van der Waals surface area (Å²) in [5.41, 5.74) is 0.252. The highest BCUT2D eigenvalue weighted by Crippen LogP contribution is 2.29. The van der Waals surface area contributed by atoms with Crippen LogP contribution >= 0.6 is 0 Å². The van der Waals surface area contributed by atoms with Gasteiger partial charge >= 0.3 is 6.18 Å². The van der Waals surface area contributed by atoms with Crippen molar-refractivity contribution in [3.05, 3.63) is 35.4 Å². The first-order valence-electron chi connectivity index (χ1n) is 6.43. The summed E-state index contributed by atoms with van der Waals surface area (Å²) in [6.07, 6.45) is -0.823. The Labute approximate surface area is 111 Å². The number of halogens is 3. The molecule has 2 rings (SSSR count). The Morgan fingerprint density at radius 3 is 2.47 bits per heavy atom. The second kappa shape index (κ2) is 5.92. The fourth-order valence-corrected chi connectivity index (χ4v) is 2.50. The van der Waals surface area contributed by atoms with Crippen LogP contribution in [-0.2, 0) is 17.5 Å². The minimum Gasteiger partial charge on any atom is -0.380 e. The maximum absolute atomic E-state index is 12.4. The van der Waals surface area contributed by atoms with E-state index in [1.165, 1.54) is 12.1 Å². The van der Waals surface area contributed by atoms with Crippen molar-refractivity contribution in [2.45, 2.75) is 44.1 Å². The van der Waals surface area contributed by atoms with Crippen LogP contribution in [0.1, 0.15) is 30.4 Å². The van der Waals surface area contributed by atoms with E-state index in [1.54, 1.807) is 7.11 Å². The van der Waals surface area contributed by atoms with E-state index >= 15 is 0 Å². The lowest BCUT2D eigenvalue weighted by atomic mass is 10.1. The Morgan fingerprint density at radius 2 is 1.89 bits per heavy atom. The van der Waals surface area contributed by atoms with Crippen molar-refractivity contribution < 1.29 is 17.9 Å². The van der Waals surface area contributed by atoms with Gasteiger partial charge in [-0.3, -0.25) is 0 Å². The van der Waals surface area contributed by atoms with Gasteiger partial charge in [0.15, 0.2) is 0 Å². The lowest BCUT2D eigenvalue weighted by Crippen LogP contribution is -2.36. The van der Waals surface area contributed by atoms with E-state index in [0.29, 0.717) is 12.6 Å². The van der Waals surface area contributed by atoms with E-state index in [1.807, 2.05) is 0 Å². The molecule has 0 aliphatic heterocycles. The van der Waals surface area contributed by atoms with E-state index in [0.717, 1.165) is 37.0 Å². The van der Waals surface area contributed by atoms with Crippen LogP contribution in [-0.4, -0.2) is 19.3 Å². The minimum absolute atomic E-state index is 0.217. The molecule has 0 amide bonds. The third-order valence-corrected chi connectivity index (χ3v) is 3.60. The molecular weight excluding hydrogens is 255 g/mol. The zero-order valence-electron chi connectivity index (χ0n) is 10.8. The first-order chi connectivity index (χ1) is 9.00. The number of rotatable bonds is 4. The molecule has 1 aromatic rings. The lowest BCUT2D eigenvalue weighted by Gasteiger charge is -2.19. The average molecular weight is 273 g/mol. The fraction of sp³-hybridized carbons (Fsp3) is 0.571. The number of ether oxygens (including phenoxy) is 1. The number of benzene rings is 1. The van der Waals surface area contributed by atoms with Crippen LogP contribution < -0.4 is 5.32 Å². The average Bonchev–Trinajstić information content (AvgIpc) is 2.83. The topological polar surface area (TPSA) is 21.3 Å². The van der Waals surface area contributed by atoms with Crippen molar-refractivity contribution in [3.8, 4) is 0 Å². The summed E-state index contributed by atoms with van der Waals surface area (Å²) in [5, 5.41) is 3.35. The molecule has 0 heterocycles. The monoisotopic (exact) mass is 273 g/mol. The summed E-state index contributed by atoms with van der Waals surface area (Å²) >= 11 is 0. The van der Waals surface area contributed by atoms with Crippen LogP contribution in [0, 0.1) is 0 Å². The minimum atomic E-state index is -4.27. The molecule has 1 N–H and O–H groups in total. The van der Waals surface area contributed by atoms with Crippen molar-refractivity contribution in [2.75, 3.05) is 7.11 Å². The molecule has 19 heavy (non-hydrogen) atoms. The predicted molar refractivity (Wildman–Crippen MR) is 66.7 cm³/mol. The molecule has 1 aliphatic rings. The summed E-state index contributed by atoms with van der Waals surface area (Å²) < 4.78 is 42.6. The molecule has 1 aromatic carbocycles. The maximum atomic E-state index is 12.4. The van der Waals surface area contributed by atoms with E-state index in [9.17, 15) is 13.2 Å². The number of hydrogen-bond acceptors (Lipinski definition) is 2. The molecule has 1 fully saturated rings. The number of nitrogens with one attached hydrogen (secondary N) is 1. The van der Waals surface area contributed by atoms with Gasteiger partial charge in [0.2, 0.25) is 0 Å². The van der Waals surface area contributed by atoms with Crippen molar-refractivity contribution >= 4 is 0 Å². The first-order valence-corrected chi connectivity index (χ1v) is 6.43. The number of hydrogen-bond donors (Lipinski definition) is 1. The summed E-state index contributed by atoms with van der Waals surface area (Å²) in [6.45, 7) is 0.572. The van der Waals surface area contributed by atoms with Gasteiger partial charge in [0.1, 0.15) is 0 Å². The SMILES string of the molecule is COC1CCCC1NCc1ccc(C(F)(F)F)cc1. The third-order valence-electron chi connectivity index (χ3n) is 3.60. The predicted octanol–water partition coefficient (Wildman–Crippen LogP) is 3.36. The normalized spacial score (nSPS) is 23.8.